The number of methoxy groups -OCH3 is 1. The quantitative estimate of drug-likeness (QED) is 0.582. The number of pyridine rings is 1. The summed E-state index contributed by atoms with van der Waals surface area (Å²) < 4.78 is 16.9. The smallest absolute Gasteiger partial charge is 0.411 e. The van der Waals surface area contributed by atoms with Crippen LogP contribution in [0.1, 0.15) is 27.2 Å². The first kappa shape index (κ1) is 23.4. The average Bonchev–Trinajstić information content (AvgIpc) is 3.22. The summed E-state index contributed by atoms with van der Waals surface area (Å²) >= 11 is 0. The second kappa shape index (κ2) is 9.21. The van der Waals surface area contributed by atoms with E-state index in [1.807, 2.05) is 54.6 Å². The highest BCUT2D eigenvalue weighted by Gasteiger charge is 2.43. The van der Waals surface area contributed by atoms with Crippen molar-refractivity contribution in [2.45, 2.75) is 44.9 Å². The molecule has 178 valence electrons. The summed E-state index contributed by atoms with van der Waals surface area (Å²) in [7, 11) is 1.61. The molecule has 0 bridgehead atoms. The van der Waals surface area contributed by atoms with Gasteiger partial charge in [-0.25, -0.2) is 14.6 Å². The molecule has 0 saturated carbocycles. The zero-order valence-electron chi connectivity index (χ0n) is 19.6. The van der Waals surface area contributed by atoms with Gasteiger partial charge in [0.1, 0.15) is 23.5 Å². The summed E-state index contributed by atoms with van der Waals surface area (Å²) in [5.74, 6) is 0.0415. The van der Waals surface area contributed by atoms with Gasteiger partial charge in [0.05, 0.1) is 19.3 Å². The van der Waals surface area contributed by atoms with Crippen molar-refractivity contribution < 1.29 is 28.9 Å². The molecule has 1 saturated heterocycles. The number of carbonyl (C=O) groups is 2. The highest BCUT2D eigenvalue weighted by Crippen LogP contribution is 2.32. The lowest BCUT2D eigenvalue weighted by atomic mass is 10.1. The van der Waals surface area contributed by atoms with Crippen LogP contribution in [0.2, 0.25) is 0 Å². The summed E-state index contributed by atoms with van der Waals surface area (Å²) in [6.45, 7) is 5.32. The maximum Gasteiger partial charge on any atom is 0.411 e. The topological polar surface area (TPSA) is 98.2 Å². The largest absolute Gasteiger partial charge is 0.497 e. The summed E-state index contributed by atoms with van der Waals surface area (Å²) in [4.78, 5) is 30.4. The molecule has 4 rings (SSSR count). The second-order valence-electron chi connectivity index (χ2n) is 9.22. The fourth-order valence-corrected chi connectivity index (χ4v) is 3.96. The Labute approximate surface area is 198 Å². The number of ether oxygens (including phenoxy) is 3. The normalized spacial score (nSPS) is 18.1. The second-order valence-corrected chi connectivity index (χ2v) is 9.22. The van der Waals surface area contributed by atoms with Crippen LogP contribution in [0, 0.1) is 0 Å². The monoisotopic (exact) mass is 464 g/mol. The minimum Gasteiger partial charge on any atom is -0.497 e. The molecule has 34 heavy (non-hydrogen) atoms. The highest BCUT2D eigenvalue weighted by molar-refractivity contribution is 5.90. The van der Waals surface area contributed by atoms with Crippen LogP contribution in [0.15, 0.2) is 54.6 Å². The van der Waals surface area contributed by atoms with E-state index >= 15 is 0 Å². The van der Waals surface area contributed by atoms with Gasteiger partial charge in [-0.3, -0.25) is 4.90 Å². The number of nitrogens with zero attached hydrogens (tertiary/aromatic N) is 2. The molecule has 1 aromatic heterocycles. The first-order valence-corrected chi connectivity index (χ1v) is 11.1. The lowest BCUT2D eigenvalue weighted by molar-refractivity contribution is -0.142. The van der Waals surface area contributed by atoms with Crippen molar-refractivity contribution >= 4 is 22.8 Å². The van der Waals surface area contributed by atoms with E-state index in [2.05, 4.69) is 0 Å². The first-order valence-electron chi connectivity index (χ1n) is 11.1. The lowest BCUT2D eigenvalue weighted by Crippen LogP contribution is -2.43. The van der Waals surface area contributed by atoms with Crippen LogP contribution in [0.3, 0.4) is 0 Å². The molecule has 1 amide bonds. The van der Waals surface area contributed by atoms with Crippen LogP contribution in [0.25, 0.3) is 22.0 Å². The van der Waals surface area contributed by atoms with Crippen LogP contribution < -0.4 is 9.47 Å². The van der Waals surface area contributed by atoms with E-state index in [0.29, 0.717) is 11.6 Å². The van der Waals surface area contributed by atoms with Crippen molar-refractivity contribution in [2.75, 3.05) is 13.7 Å². The third-order valence-electron chi connectivity index (χ3n) is 5.55. The molecule has 0 aliphatic carbocycles. The Bertz CT molecular complexity index is 1200. The van der Waals surface area contributed by atoms with Gasteiger partial charge in [-0.2, -0.15) is 0 Å². The average molecular weight is 465 g/mol. The lowest BCUT2D eigenvalue weighted by Gasteiger charge is -2.26. The number of benzene rings is 2. The van der Waals surface area contributed by atoms with Crippen molar-refractivity contribution in [3.05, 3.63) is 54.6 Å². The summed E-state index contributed by atoms with van der Waals surface area (Å²) in [6, 6.07) is 16.2. The van der Waals surface area contributed by atoms with Crippen molar-refractivity contribution in [1.29, 1.82) is 0 Å². The predicted octanol–water partition coefficient (Wildman–Crippen LogP) is 4.75. The number of hydrogen-bond acceptors (Lipinski definition) is 6. The molecule has 8 nitrogen and oxygen atoms in total. The summed E-state index contributed by atoms with van der Waals surface area (Å²) in [5, 5.41) is 11.4. The minimum atomic E-state index is -1.10. The fourth-order valence-electron chi connectivity index (χ4n) is 3.96. The highest BCUT2D eigenvalue weighted by atomic mass is 16.6. The molecule has 3 aromatic rings. The van der Waals surface area contributed by atoms with Crippen LogP contribution >= 0.6 is 0 Å². The molecule has 0 unspecified atom stereocenters. The number of carbonyl (C=O) groups excluding carboxylic acids is 1. The Morgan fingerprint density at radius 2 is 1.79 bits per heavy atom. The number of amides is 1. The van der Waals surface area contributed by atoms with Gasteiger partial charge in [-0.1, -0.05) is 18.2 Å². The summed E-state index contributed by atoms with van der Waals surface area (Å²) in [5.41, 5.74) is 0.874. The Morgan fingerprint density at radius 1 is 1.09 bits per heavy atom. The van der Waals surface area contributed by atoms with Crippen molar-refractivity contribution in [3.63, 3.8) is 0 Å². The maximum atomic E-state index is 12.6. The van der Waals surface area contributed by atoms with Gasteiger partial charge in [0.25, 0.3) is 0 Å². The number of carboxylic acid groups (broad SMARTS) is 1. The van der Waals surface area contributed by atoms with Gasteiger partial charge >= 0.3 is 12.1 Å². The molecule has 2 aromatic carbocycles. The van der Waals surface area contributed by atoms with Crippen LogP contribution in [-0.2, 0) is 9.53 Å². The van der Waals surface area contributed by atoms with Gasteiger partial charge in [0.15, 0.2) is 0 Å². The Kier molecular flexibility index (Phi) is 6.32. The number of fused-ring (bicyclic) bond motifs is 1. The molecule has 1 N–H and O–H groups in total. The fraction of sp³-hybridized carbons (Fsp3) is 0.346. The van der Waals surface area contributed by atoms with Crippen molar-refractivity contribution in [2.24, 2.45) is 0 Å². The number of carboxylic acids is 1. The van der Waals surface area contributed by atoms with Gasteiger partial charge in [0, 0.05) is 17.4 Å². The van der Waals surface area contributed by atoms with E-state index < -0.39 is 29.8 Å². The van der Waals surface area contributed by atoms with Crippen LogP contribution in [-0.4, -0.2) is 58.5 Å². The molecule has 0 radical (unpaired) electrons. The molecule has 2 heterocycles. The zero-order chi connectivity index (χ0) is 24.5. The van der Waals surface area contributed by atoms with Gasteiger partial charge in [-0.05, 0) is 62.6 Å². The molecular formula is C26H28N2O6. The van der Waals surface area contributed by atoms with E-state index in [9.17, 15) is 14.7 Å². The van der Waals surface area contributed by atoms with Crippen LogP contribution in [0.4, 0.5) is 4.79 Å². The van der Waals surface area contributed by atoms with Gasteiger partial charge in [-0.15, -0.1) is 0 Å². The molecule has 1 aliphatic rings. The van der Waals surface area contributed by atoms with Gasteiger partial charge in [0.2, 0.25) is 5.88 Å². The third kappa shape index (κ3) is 5.06. The standard InChI is InChI=1S/C26H28N2O6/c1-26(2,3)34-25(31)28-15-19(14-22(28)24(29)30)33-23-20-8-6-5-7-17(20)13-21(27-23)16-9-11-18(32-4)12-10-16/h5-13,19,22H,14-15H2,1-4H3,(H,29,30)/t19-,22+/m1/s1. The number of aromatic nitrogens is 1. The van der Waals surface area contributed by atoms with E-state index in [4.69, 9.17) is 19.2 Å². The van der Waals surface area contributed by atoms with E-state index in [1.54, 1.807) is 27.9 Å². The van der Waals surface area contributed by atoms with Crippen molar-refractivity contribution in [1.82, 2.24) is 9.88 Å². The molecular weight excluding hydrogens is 436 g/mol. The number of rotatable bonds is 5. The number of hydrogen-bond donors (Lipinski definition) is 1. The number of aliphatic carboxylic acids is 1. The molecule has 8 heteroatoms. The van der Waals surface area contributed by atoms with E-state index in [0.717, 1.165) is 22.1 Å². The van der Waals surface area contributed by atoms with Crippen LogP contribution in [0.5, 0.6) is 11.6 Å². The van der Waals surface area contributed by atoms with Gasteiger partial charge < -0.3 is 19.3 Å². The molecule has 1 aliphatic heterocycles. The third-order valence-corrected chi connectivity index (χ3v) is 5.55. The Morgan fingerprint density at radius 3 is 2.44 bits per heavy atom. The van der Waals surface area contributed by atoms with Crippen molar-refractivity contribution in [3.8, 4) is 22.9 Å². The zero-order valence-corrected chi connectivity index (χ0v) is 19.6. The number of likely N-dealkylation sites (tertiary alicyclic amines) is 1. The first-order chi connectivity index (χ1) is 16.1. The Balaban J connectivity index is 1.64. The minimum absolute atomic E-state index is 0.0919. The molecule has 1 fully saturated rings. The SMILES string of the molecule is COc1ccc(-c2cc3ccccc3c(O[C@@H]3C[C@@H](C(=O)O)N(C(=O)OC(C)(C)C)C3)n2)cc1. The maximum absolute atomic E-state index is 12.6. The Hall–Kier alpha value is -3.81. The molecule has 2 atom stereocenters. The van der Waals surface area contributed by atoms with E-state index in [-0.39, 0.29) is 13.0 Å². The molecule has 0 spiro atoms. The summed E-state index contributed by atoms with van der Waals surface area (Å²) in [6.07, 6.45) is -1.08. The van der Waals surface area contributed by atoms with E-state index in [1.165, 1.54) is 4.90 Å². The predicted molar refractivity (Wildman–Crippen MR) is 127 cm³/mol.